The molecule has 88 valence electrons. The molecule has 0 bridgehead atoms. The van der Waals surface area contributed by atoms with Crippen molar-refractivity contribution in [3.8, 4) is 0 Å². The van der Waals surface area contributed by atoms with Crippen molar-refractivity contribution in [3.63, 3.8) is 0 Å². The normalized spacial score (nSPS) is 23.2. The van der Waals surface area contributed by atoms with Crippen LogP contribution in [0.3, 0.4) is 0 Å². The lowest BCUT2D eigenvalue weighted by Crippen LogP contribution is -2.33. The number of nitrogens with zero attached hydrogens (tertiary/aromatic N) is 1. The molecule has 1 saturated carbocycles. The van der Waals surface area contributed by atoms with Gasteiger partial charge < -0.3 is 4.90 Å². The lowest BCUT2D eigenvalue weighted by Gasteiger charge is -2.31. The maximum Gasteiger partial charge on any atom is 0.140 e. The summed E-state index contributed by atoms with van der Waals surface area (Å²) in [5.41, 5.74) is 2.41. The number of piperidine rings is 1. The van der Waals surface area contributed by atoms with E-state index < -0.39 is 0 Å². The van der Waals surface area contributed by atoms with Gasteiger partial charge in [-0.2, -0.15) is 0 Å². The average Bonchev–Trinajstić information content (AvgIpc) is 3.15. The van der Waals surface area contributed by atoms with E-state index in [1.54, 1.807) is 0 Å². The maximum atomic E-state index is 11.6. The Morgan fingerprint density at radius 1 is 1.18 bits per heavy atom. The minimum absolute atomic E-state index is 0.379. The number of ketones is 1. The fraction of sp³-hybridized carbons (Fsp3) is 0.400. The van der Waals surface area contributed by atoms with Crippen molar-refractivity contribution in [1.82, 2.24) is 4.90 Å². The predicted molar refractivity (Wildman–Crippen MR) is 68.4 cm³/mol. The van der Waals surface area contributed by atoms with Gasteiger partial charge in [0.15, 0.2) is 0 Å². The molecule has 3 rings (SSSR count). The molecule has 0 N–H and O–H groups in total. The van der Waals surface area contributed by atoms with Crippen LogP contribution in [0.15, 0.2) is 36.0 Å². The lowest BCUT2D eigenvalue weighted by molar-refractivity contribution is -0.120. The van der Waals surface area contributed by atoms with E-state index in [1.165, 1.54) is 24.1 Å². The molecule has 2 fully saturated rings. The van der Waals surface area contributed by atoms with Crippen LogP contribution in [0.1, 0.15) is 31.2 Å². The van der Waals surface area contributed by atoms with Gasteiger partial charge in [0.1, 0.15) is 5.78 Å². The van der Waals surface area contributed by atoms with Crippen molar-refractivity contribution < 1.29 is 4.79 Å². The molecule has 1 aliphatic heterocycles. The first kappa shape index (κ1) is 10.6. The van der Waals surface area contributed by atoms with E-state index in [0.29, 0.717) is 18.2 Å². The van der Waals surface area contributed by atoms with Gasteiger partial charge in [-0.1, -0.05) is 30.3 Å². The first-order chi connectivity index (χ1) is 8.33. The molecular formula is C15H17NO. The Morgan fingerprint density at radius 3 is 2.65 bits per heavy atom. The fourth-order valence-corrected chi connectivity index (χ4v) is 2.46. The molecule has 17 heavy (non-hydrogen) atoms. The summed E-state index contributed by atoms with van der Waals surface area (Å²) >= 11 is 0. The van der Waals surface area contributed by atoms with Crippen LogP contribution in [-0.2, 0) is 4.79 Å². The van der Waals surface area contributed by atoms with E-state index in [0.717, 1.165) is 13.0 Å². The molecule has 1 aliphatic carbocycles. The van der Waals surface area contributed by atoms with Crippen molar-refractivity contribution in [2.75, 3.05) is 6.54 Å². The third-order valence-corrected chi connectivity index (χ3v) is 3.50. The highest BCUT2D eigenvalue weighted by molar-refractivity contribution is 5.83. The van der Waals surface area contributed by atoms with E-state index in [4.69, 9.17) is 0 Å². The second kappa shape index (κ2) is 4.36. The Kier molecular flexibility index (Phi) is 2.71. The van der Waals surface area contributed by atoms with E-state index in [9.17, 15) is 4.79 Å². The second-order valence-corrected chi connectivity index (χ2v) is 4.94. The zero-order valence-electron chi connectivity index (χ0n) is 9.93. The first-order valence-corrected chi connectivity index (χ1v) is 6.37. The van der Waals surface area contributed by atoms with Gasteiger partial charge in [0.2, 0.25) is 0 Å². The summed E-state index contributed by atoms with van der Waals surface area (Å²) in [6, 6.07) is 11.0. The Hall–Kier alpha value is -1.57. The molecular weight excluding hydrogens is 210 g/mol. The molecule has 2 nitrogen and oxygen atoms in total. The molecule has 0 aromatic heterocycles. The summed E-state index contributed by atoms with van der Waals surface area (Å²) < 4.78 is 0. The lowest BCUT2D eigenvalue weighted by atomic mass is 10.0. The van der Waals surface area contributed by atoms with Crippen molar-refractivity contribution in [2.24, 2.45) is 0 Å². The molecule has 2 aliphatic rings. The molecule has 2 heteroatoms. The van der Waals surface area contributed by atoms with Crippen LogP contribution in [0.5, 0.6) is 0 Å². The second-order valence-electron chi connectivity index (χ2n) is 4.94. The molecule has 0 unspecified atom stereocenters. The number of likely N-dealkylation sites (tertiary alicyclic amines) is 1. The summed E-state index contributed by atoms with van der Waals surface area (Å²) in [4.78, 5) is 14.0. The van der Waals surface area contributed by atoms with Crippen molar-refractivity contribution in [2.45, 2.75) is 31.7 Å². The smallest absolute Gasteiger partial charge is 0.140 e. The first-order valence-electron chi connectivity index (χ1n) is 6.37. The van der Waals surface area contributed by atoms with Crippen LogP contribution >= 0.6 is 0 Å². The summed E-state index contributed by atoms with van der Waals surface area (Å²) in [7, 11) is 0. The third-order valence-electron chi connectivity index (χ3n) is 3.50. The number of Topliss-reactive ketones (excluding diaryl/α,β-unsaturated/α-hetero) is 1. The number of carbonyl (C=O) groups is 1. The highest BCUT2D eigenvalue weighted by Crippen LogP contribution is 2.34. The highest BCUT2D eigenvalue weighted by atomic mass is 16.1. The third kappa shape index (κ3) is 2.41. The molecule has 0 amide bonds. The van der Waals surface area contributed by atoms with Crippen LogP contribution in [0, 0.1) is 0 Å². The van der Waals surface area contributed by atoms with Gasteiger partial charge in [-0.15, -0.1) is 0 Å². The molecule has 1 aromatic carbocycles. The Bertz CT molecular complexity index is 445. The average molecular weight is 227 g/mol. The van der Waals surface area contributed by atoms with Crippen LogP contribution in [0.4, 0.5) is 0 Å². The van der Waals surface area contributed by atoms with Crippen molar-refractivity contribution in [1.29, 1.82) is 0 Å². The van der Waals surface area contributed by atoms with Crippen molar-refractivity contribution in [3.05, 3.63) is 41.6 Å². The van der Waals surface area contributed by atoms with E-state index >= 15 is 0 Å². The van der Waals surface area contributed by atoms with E-state index in [-0.39, 0.29) is 0 Å². The summed E-state index contributed by atoms with van der Waals surface area (Å²) in [5.74, 6) is 0.379. The van der Waals surface area contributed by atoms with Gasteiger partial charge in [0.25, 0.3) is 0 Å². The Labute approximate surface area is 102 Å². The molecule has 0 radical (unpaired) electrons. The Balaban J connectivity index is 1.86. The van der Waals surface area contributed by atoms with Gasteiger partial charge in [-0.25, -0.2) is 0 Å². The van der Waals surface area contributed by atoms with Crippen LogP contribution in [-0.4, -0.2) is 23.3 Å². The fourth-order valence-electron chi connectivity index (χ4n) is 2.46. The number of benzene rings is 1. The van der Waals surface area contributed by atoms with Gasteiger partial charge >= 0.3 is 0 Å². The van der Waals surface area contributed by atoms with Crippen molar-refractivity contribution >= 4 is 11.9 Å². The van der Waals surface area contributed by atoms with Crippen LogP contribution < -0.4 is 0 Å². The van der Waals surface area contributed by atoms with E-state index in [2.05, 4.69) is 23.1 Å². The maximum absolute atomic E-state index is 11.6. The summed E-state index contributed by atoms with van der Waals surface area (Å²) in [6.45, 7) is 0.919. The minimum atomic E-state index is 0.379. The zero-order chi connectivity index (χ0) is 11.7. The van der Waals surface area contributed by atoms with Gasteiger partial charge in [0.05, 0.1) is 0 Å². The minimum Gasteiger partial charge on any atom is -0.371 e. The Morgan fingerprint density at radius 2 is 1.94 bits per heavy atom. The summed E-state index contributed by atoms with van der Waals surface area (Å²) in [5, 5.41) is 0. The number of allylic oxidation sites excluding steroid dienone is 1. The molecule has 1 aromatic rings. The topological polar surface area (TPSA) is 20.3 Å². The zero-order valence-corrected chi connectivity index (χ0v) is 9.93. The largest absolute Gasteiger partial charge is 0.371 e. The number of hydrogen-bond donors (Lipinski definition) is 0. The van der Waals surface area contributed by atoms with Gasteiger partial charge in [-0.05, 0) is 24.5 Å². The van der Waals surface area contributed by atoms with Gasteiger partial charge in [-0.3, -0.25) is 4.79 Å². The quantitative estimate of drug-likeness (QED) is 0.774. The highest BCUT2D eigenvalue weighted by Gasteiger charge is 2.33. The summed E-state index contributed by atoms with van der Waals surface area (Å²) in [6.07, 6.45) is 6.10. The number of hydrogen-bond acceptors (Lipinski definition) is 2. The number of carbonyl (C=O) groups excluding carboxylic acids is 1. The van der Waals surface area contributed by atoms with Crippen LogP contribution in [0.2, 0.25) is 0 Å². The predicted octanol–water partition coefficient (Wildman–Crippen LogP) is 2.85. The number of rotatable bonds is 2. The van der Waals surface area contributed by atoms with Crippen LogP contribution in [0.25, 0.3) is 6.08 Å². The monoisotopic (exact) mass is 227 g/mol. The molecule has 1 saturated heterocycles. The van der Waals surface area contributed by atoms with Gasteiger partial charge in [0, 0.05) is 31.1 Å². The van der Waals surface area contributed by atoms with E-state index in [1.807, 2.05) is 18.2 Å². The SMILES string of the molecule is O=C1CCN(C2CC2)/C(=C/c2ccccc2)C1. The standard InChI is InChI=1S/C15H17NO/c17-15-8-9-16(13-6-7-13)14(11-15)10-12-4-2-1-3-5-12/h1-5,10,13H,6-9,11H2/b14-10+. The molecule has 1 heterocycles. The molecule has 0 spiro atoms. The molecule has 0 atom stereocenters.